The average Bonchev–Trinajstić information content (AvgIpc) is 2.99. The standard InChI is InChI=1S/C15H12BrN3O2S/c1-21-12-8-9(7-11(16)13(12)20)14-18-19-15(22-14)17-10-5-3-2-4-6-10/h2-8,20H,1H3,(H,17,19). The van der Waals surface area contributed by atoms with Gasteiger partial charge in [-0.2, -0.15) is 0 Å². The molecule has 0 radical (unpaired) electrons. The van der Waals surface area contributed by atoms with E-state index < -0.39 is 0 Å². The van der Waals surface area contributed by atoms with E-state index in [9.17, 15) is 5.11 Å². The molecular formula is C15H12BrN3O2S. The minimum atomic E-state index is 0.0680. The fraction of sp³-hybridized carbons (Fsp3) is 0.0667. The first-order chi connectivity index (χ1) is 10.7. The molecule has 0 aliphatic carbocycles. The molecule has 112 valence electrons. The van der Waals surface area contributed by atoms with E-state index in [1.807, 2.05) is 30.3 Å². The van der Waals surface area contributed by atoms with Crippen LogP contribution in [0.25, 0.3) is 10.6 Å². The van der Waals surface area contributed by atoms with Gasteiger partial charge < -0.3 is 15.2 Å². The van der Waals surface area contributed by atoms with Crippen LogP contribution in [0.3, 0.4) is 0 Å². The zero-order valence-electron chi connectivity index (χ0n) is 11.6. The molecule has 22 heavy (non-hydrogen) atoms. The predicted molar refractivity (Wildman–Crippen MR) is 91.0 cm³/mol. The van der Waals surface area contributed by atoms with Gasteiger partial charge in [-0.15, -0.1) is 10.2 Å². The normalized spacial score (nSPS) is 10.5. The molecule has 5 nitrogen and oxygen atoms in total. The van der Waals surface area contributed by atoms with Crippen molar-refractivity contribution in [3.05, 3.63) is 46.9 Å². The first kappa shape index (κ1) is 14.8. The number of hydrogen-bond acceptors (Lipinski definition) is 6. The molecule has 2 N–H and O–H groups in total. The van der Waals surface area contributed by atoms with Crippen LogP contribution in [0.4, 0.5) is 10.8 Å². The van der Waals surface area contributed by atoms with Crippen LogP contribution in [0.15, 0.2) is 46.9 Å². The molecule has 1 aromatic heterocycles. The predicted octanol–water partition coefficient (Wildman–Crippen LogP) is 4.43. The lowest BCUT2D eigenvalue weighted by Crippen LogP contribution is -1.88. The molecule has 2 aromatic carbocycles. The van der Waals surface area contributed by atoms with Gasteiger partial charge in [0.05, 0.1) is 11.6 Å². The molecule has 7 heteroatoms. The number of ether oxygens (including phenoxy) is 1. The summed E-state index contributed by atoms with van der Waals surface area (Å²) >= 11 is 4.73. The maximum atomic E-state index is 9.85. The zero-order valence-corrected chi connectivity index (χ0v) is 14.0. The summed E-state index contributed by atoms with van der Waals surface area (Å²) in [4.78, 5) is 0. The van der Waals surface area contributed by atoms with Gasteiger partial charge in [0.2, 0.25) is 5.13 Å². The van der Waals surface area contributed by atoms with Crippen LogP contribution in [0.2, 0.25) is 0 Å². The highest BCUT2D eigenvalue weighted by Gasteiger charge is 2.13. The van der Waals surface area contributed by atoms with Crippen molar-refractivity contribution in [1.82, 2.24) is 10.2 Å². The van der Waals surface area contributed by atoms with E-state index in [0.717, 1.165) is 16.3 Å². The Morgan fingerprint density at radius 1 is 1.18 bits per heavy atom. The number of phenols is 1. The number of nitrogens with zero attached hydrogens (tertiary/aromatic N) is 2. The van der Waals surface area contributed by atoms with Gasteiger partial charge in [0, 0.05) is 11.3 Å². The minimum Gasteiger partial charge on any atom is -0.503 e. The summed E-state index contributed by atoms with van der Waals surface area (Å²) in [7, 11) is 1.51. The van der Waals surface area contributed by atoms with Crippen molar-refractivity contribution in [2.24, 2.45) is 0 Å². The van der Waals surface area contributed by atoms with Crippen LogP contribution in [0.5, 0.6) is 11.5 Å². The van der Waals surface area contributed by atoms with Gasteiger partial charge in [-0.3, -0.25) is 0 Å². The van der Waals surface area contributed by atoms with Gasteiger partial charge in [-0.05, 0) is 40.2 Å². The molecule has 0 aliphatic heterocycles. The highest BCUT2D eigenvalue weighted by atomic mass is 79.9. The number of anilines is 2. The van der Waals surface area contributed by atoms with E-state index in [2.05, 4.69) is 31.4 Å². The van der Waals surface area contributed by atoms with Crippen molar-refractivity contribution in [1.29, 1.82) is 0 Å². The number of nitrogens with one attached hydrogen (secondary N) is 1. The summed E-state index contributed by atoms with van der Waals surface area (Å²) in [6, 6.07) is 13.3. The Balaban J connectivity index is 1.89. The van der Waals surface area contributed by atoms with Gasteiger partial charge in [0.25, 0.3) is 0 Å². The fourth-order valence-corrected chi connectivity index (χ4v) is 3.08. The summed E-state index contributed by atoms with van der Waals surface area (Å²) in [5.74, 6) is 0.454. The summed E-state index contributed by atoms with van der Waals surface area (Å²) < 4.78 is 5.70. The lowest BCUT2D eigenvalue weighted by molar-refractivity contribution is 0.372. The number of aromatic nitrogens is 2. The van der Waals surface area contributed by atoms with Crippen LogP contribution >= 0.6 is 27.3 Å². The van der Waals surface area contributed by atoms with Crippen molar-refractivity contribution >= 4 is 38.1 Å². The Hall–Kier alpha value is -2.12. The van der Waals surface area contributed by atoms with E-state index in [1.165, 1.54) is 18.4 Å². The van der Waals surface area contributed by atoms with Crippen molar-refractivity contribution in [2.75, 3.05) is 12.4 Å². The van der Waals surface area contributed by atoms with E-state index in [-0.39, 0.29) is 5.75 Å². The Morgan fingerprint density at radius 2 is 1.95 bits per heavy atom. The van der Waals surface area contributed by atoms with E-state index in [4.69, 9.17) is 4.74 Å². The van der Waals surface area contributed by atoms with E-state index in [1.54, 1.807) is 12.1 Å². The van der Waals surface area contributed by atoms with Crippen LogP contribution in [0.1, 0.15) is 0 Å². The first-order valence-electron chi connectivity index (χ1n) is 6.40. The molecule has 0 saturated heterocycles. The second-order valence-corrected chi connectivity index (χ2v) is 6.24. The fourth-order valence-electron chi connectivity index (χ4n) is 1.89. The summed E-state index contributed by atoms with van der Waals surface area (Å²) in [6.45, 7) is 0. The molecule has 0 atom stereocenters. The molecule has 0 saturated carbocycles. The van der Waals surface area contributed by atoms with Gasteiger partial charge in [0.1, 0.15) is 5.01 Å². The van der Waals surface area contributed by atoms with Gasteiger partial charge >= 0.3 is 0 Å². The molecule has 3 aromatic rings. The van der Waals surface area contributed by atoms with Crippen LogP contribution < -0.4 is 10.1 Å². The topological polar surface area (TPSA) is 67.3 Å². The third-order valence-corrected chi connectivity index (χ3v) is 4.44. The number of halogens is 1. The summed E-state index contributed by atoms with van der Waals surface area (Å²) in [5, 5.41) is 22.8. The highest BCUT2D eigenvalue weighted by Crippen LogP contribution is 2.39. The average molecular weight is 378 g/mol. The van der Waals surface area contributed by atoms with Gasteiger partial charge in [-0.1, -0.05) is 29.5 Å². The Kier molecular flexibility index (Phi) is 4.26. The number of phenolic OH excluding ortho intramolecular Hbond substituents is 1. The van der Waals surface area contributed by atoms with Crippen molar-refractivity contribution in [3.63, 3.8) is 0 Å². The Morgan fingerprint density at radius 3 is 2.68 bits per heavy atom. The van der Waals surface area contributed by atoms with Crippen molar-refractivity contribution in [2.45, 2.75) is 0 Å². The smallest absolute Gasteiger partial charge is 0.210 e. The van der Waals surface area contributed by atoms with Gasteiger partial charge in [0.15, 0.2) is 11.5 Å². The quantitative estimate of drug-likeness (QED) is 0.703. The number of methoxy groups -OCH3 is 1. The maximum Gasteiger partial charge on any atom is 0.210 e. The van der Waals surface area contributed by atoms with Crippen LogP contribution in [-0.2, 0) is 0 Å². The van der Waals surface area contributed by atoms with E-state index >= 15 is 0 Å². The van der Waals surface area contributed by atoms with E-state index in [0.29, 0.717) is 15.4 Å². The van der Waals surface area contributed by atoms with Crippen LogP contribution in [-0.4, -0.2) is 22.4 Å². The lowest BCUT2D eigenvalue weighted by atomic mass is 10.2. The number of aromatic hydroxyl groups is 1. The largest absolute Gasteiger partial charge is 0.503 e. The highest BCUT2D eigenvalue weighted by molar-refractivity contribution is 9.10. The first-order valence-corrected chi connectivity index (χ1v) is 8.01. The third kappa shape index (κ3) is 3.05. The van der Waals surface area contributed by atoms with Crippen molar-refractivity contribution < 1.29 is 9.84 Å². The molecular weight excluding hydrogens is 366 g/mol. The maximum absolute atomic E-state index is 9.85. The molecule has 0 fully saturated rings. The molecule has 3 rings (SSSR count). The second kappa shape index (κ2) is 6.33. The molecule has 0 spiro atoms. The monoisotopic (exact) mass is 377 g/mol. The number of hydrogen-bond donors (Lipinski definition) is 2. The zero-order chi connectivity index (χ0) is 15.5. The number of para-hydroxylation sites is 1. The molecule has 0 aliphatic rings. The molecule has 0 bridgehead atoms. The third-order valence-electron chi connectivity index (χ3n) is 2.95. The number of rotatable bonds is 4. The second-order valence-electron chi connectivity index (χ2n) is 4.41. The van der Waals surface area contributed by atoms with Crippen LogP contribution in [0, 0.1) is 0 Å². The molecule has 0 amide bonds. The number of benzene rings is 2. The minimum absolute atomic E-state index is 0.0680. The van der Waals surface area contributed by atoms with Gasteiger partial charge in [-0.25, -0.2) is 0 Å². The molecule has 0 unspecified atom stereocenters. The van der Waals surface area contributed by atoms with Crippen molar-refractivity contribution in [3.8, 4) is 22.1 Å². The Labute approximate surface area is 139 Å². The SMILES string of the molecule is COc1cc(-c2nnc(Nc3ccccc3)s2)cc(Br)c1O. The lowest BCUT2D eigenvalue weighted by Gasteiger charge is -2.06. The molecule has 1 heterocycles. The summed E-state index contributed by atoms with van der Waals surface area (Å²) in [6.07, 6.45) is 0. The summed E-state index contributed by atoms with van der Waals surface area (Å²) in [5.41, 5.74) is 1.77. The Bertz CT molecular complexity index is 793.